The SMILES string of the molecule is Clc1csc(CC2CCCNC2)c1. The molecule has 1 fully saturated rings. The molecule has 1 nitrogen and oxygen atoms in total. The van der Waals surface area contributed by atoms with E-state index < -0.39 is 0 Å². The molecule has 1 saturated heterocycles. The topological polar surface area (TPSA) is 12.0 Å². The molecule has 0 saturated carbocycles. The number of piperidine rings is 1. The van der Waals surface area contributed by atoms with Crippen LogP contribution in [0, 0.1) is 5.92 Å². The van der Waals surface area contributed by atoms with Gasteiger partial charge in [-0.3, -0.25) is 0 Å². The first-order valence-corrected chi connectivity index (χ1v) is 6.04. The van der Waals surface area contributed by atoms with Crippen LogP contribution in [0.15, 0.2) is 11.4 Å². The Bertz CT molecular complexity index is 266. The van der Waals surface area contributed by atoms with E-state index in [1.165, 1.54) is 37.2 Å². The second kappa shape index (κ2) is 4.45. The van der Waals surface area contributed by atoms with Gasteiger partial charge in [0.05, 0.1) is 5.02 Å². The van der Waals surface area contributed by atoms with Gasteiger partial charge in [-0.2, -0.15) is 0 Å². The first kappa shape index (κ1) is 9.50. The molecule has 1 unspecified atom stereocenters. The van der Waals surface area contributed by atoms with Crippen molar-refractivity contribution in [3.05, 3.63) is 21.3 Å². The molecule has 13 heavy (non-hydrogen) atoms. The van der Waals surface area contributed by atoms with Gasteiger partial charge in [0.1, 0.15) is 0 Å². The van der Waals surface area contributed by atoms with E-state index in [2.05, 4.69) is 11.4 Å². The van der Waals surface area contributed by atoms with Gasteiger partial charge in [0.25, 0.3) is 0 Å². The van der Waals surface area contributed by atoms with Crippen molar-refractivity contribution in [2.45, 2.75) is 19.3 Å². The van der Waals surface area contributed by atoms with E-state index in [0.29, 0.717) is 0 Å². The van der Waals surface area contributed by atoms with E-state index in [9.17, 15) is 0 Å². The summed E-state index contributed by atoms with van der Waals surface area (Å²) in [6.45, 7) is 2.37. The summed E-state index contributed by atoms with van der Waals surface area (Å²) in [5, 5.41) is 6.35. The molecule has 1 aliphatic rings. The number of nitrogens with one attached hydrogen (secondary N) is 1. The van der Waals surface area contributed by atoms with Crippen LogP contribution in [-0.4, -0.2) is 13.1 Å². The van der Waals surface area contributed by atoms with E-state index in [0.717, 1.165) is 10.9 Å². The van der Waals surface area contributed by atoms with Crippen LogP contribution in [0.25, 0.3) is 0 Å². The zero-order valence-corrected chi connectivity index (χ0v) is 9.13. The third-order valence-electron chi connectivity index (χ3n) is 2.51. The van der Waals surface area contributed by atoms with Crippen LogP contribution in [0.3, 0.4) is 0 Å². The fourth-order valence-electron chi connectivity index (χ4n) is 1.84. The summed E-state index contributed by atoms with van der Waals surface area (Å²) in [5.41, 5.74) is 0. The molecule has 0 aromatic carbocycles. The van der Waals surface area contributed by atoms with Crippen LogP contribution in [0.4, 0.5) is 0 Å². The van der Waals surface area contributed by atoms with Gasteiger partial charge in [-0.15, -0.1) is 11.3 Å². The van der Waals surface area contributed by atoms with Gasteiger partial charge in [0.2, 0.25) is 0 Å². The lowest BCUT2D eigenvalue weighted by atomic mass is 9.96. The van der Waals surface area contributed by atoms with Crippen molar-refractivity contribution in [3.8, 4) is 0 Å². The van der Waals surface area contributed by atoms with Gasteiger partial charge in [-0.1, -0.05) is 11.6 Å². The molecular formula is C10H14ClNS. The Morgan fingerprint density at radius 1 is 1.62 bits per heavy atom. The third-order valence-corrected chi connectivity index (χ3v) is 3.82. The lowest BCUT2D eigenvalue weighted by Crippen LogP contribution is -2.30. The minimum atomic E-state index is 0.823. The minimum absolute atomic E-state index is 0.823. The predicted octanol–water partition coefficient (Wildman–Crippen LogP) is 2.94. The van der Waals surface area contributed by atoms with E-state index in [1.807, 2.05) is 5.38 Å². The van der Waals surface area contributed by atoms with Crippen LogP contribution in [0.1, 0.15) is 17.7 Å². The van der Waals surface area contributed by atoms with Crippen molar-refractivity contribution in [2.24, 2.45) is 5.92 Å². The molecule has 1 aromatic heterocycles. The maximum atomic E-state index is 5.87. The van der Waals surface area contributed by atoms with E-state index in [4.69, 9.17) is 11.6 Å². The van der Waals surface area contributed by atoms with Crippen LogP contribution in [0.5, 0.6) is 0 Å². The Balaban J connectivity index is 1.89. The molecule has 72 valence electrons. The second-order valence-corrected chi connectivity index (χ2v) is 5.08. The Labute approximate surface area is 88.1 Å². The fourth-order valence-corrected chi connectivity index (χ4v) is 3.03. The molecule has 0 amide bonds. The van der Waals surface area contributed by atoms with Gasteiger partial charge < -0.3 is 5.32 Å². The molecule has 2 rings (SSSR count). The van der Waals surface area contributed by atoms with Gasteiger partial charge in [0, 0.05) is 10.3 Å². The Morgan fingerprint density at radius 2 is 2.54 bits per heavy atom. The van der Waals surface area contributed by atoms with Crippen molar-refractivity contribution >= 4 is 22.9 Å². The molecular weight excluding hydrogens is 202 g/mol. The highest BCUT2D eigenvalue weighted by molar-refractivity contribution is 7.10. The van der Waals surface area contributed by atoms with Crippen molar-refractivity contribution in [3.63, 3.8) is 0 Å². The maximum Gasteiger partial charge on any atom is 0.0515 e. The standard InChI is InChI=1S/C10H14ClNS/c11-9-5-10(13-7-9)4-8-2-1-3-12-6-8/h5,7-8,12H,1-4,6H2. The second-order valence-electron chi connectivity index (χ2n) is 3.65. The molecule has 1 aliphatic heterocycles. The summed E-state index contributed by atoms with van der Waals surface area (Å²) < 4.78 is 0. The van der Waals surface area contributed by atoms with Crippen LogP contribution in [0.2, 0.25) is 5.02 Å². The smallest absolute Gasteiger partial charge is 0.0515 e. The fraction of sp³-hybridized carbons (Fsp3) is 0.600. The van der Waals surface area contributed by atoms with Crippen LogP contribution < -0.4 is 5.32 Å². The van der Waals surface area contributed by atoms with Gasteiger partial charge in [-0.25, -0.2) is 0 Å². The van der Waals surface area contributed by atoms with Crippen molar-refractivity contribution < 1.29 is 0 Å². The van der Waals surface area contributed by atoms with Crippen molar-refractivity contribution in [2.75, 3.05) is 13.1 Å². The quantitative estimate of drug-likeness (QED) is 0.800. The highest BCUT2D eigenvalue weighted by atomic mass is 35.5. The molecule has 0 bridgehead atoms. The normalized spacial score (nSPS) is 23.3. The van der Waals surface area contributed by atoms with Crippen molar-refractivity contribution in [1.82, 2.24) is 5.32 Å². The summed E-state index contributed by atoms with van der Waals surface area (Å²) >= 11 is 7.66. The largest absolute Gasteiger partial charge is 0.316 e. The summed E-state index contributed by atoms with van der Waals surface area (Å²) in [6.07, 6.45) is 3.89. The van der Waals surface area contributed by atoms with Gasteiger partial charge >= 0.3 is 0 Å². The summed E-state index contributed by atoms with van der Waals surface area (Å²) in [7, 11) is 0. The van der Waals surface area contributed by atoms with Gasteiger partial charge in [0.15, 0.2) is 0 Å². The minimum Gasteiger partial charge on any atom is -0.316 e. The van der Waals surface area contributed by atoms with Crippen LogP contribution in [-0.2, 0) is 6.42 Å². The molecule has 0 aliphatic carbocycles. The number of halogens is 1. The van der Waals surface area contributed by atoms with E-state index >= 15 is 0 Å². The highest BCUT2D eigenvalue weighted by Gasteiger charge is 2.13. The van der Waals surface area contributed by atoms with Gasteiger partial charge in [-0.05, 0) is 44.3 Å². The molecule has 1 aromatic rings. The highest BCUT2D eigenvalue weighted by Crippen LogP contribution is 2.24. The number of rotatable bonds is 2. The lowest BCUT2D eigenvalue weighted by molar-refractivity contribution is 0.378. The predicted molar refractivity (Wildman–Crippen MR) is 58.6 cm³/mol. The monoisotopic (exact) mass is 215 g/mol. The lowest BCUT2D eigenvalue weighted by Gasteiger charge is -2.21. The zero-order valence-electron chi connectivity index (χ0n) is 7.55. The zero-order chi connectivity index (χ0) is 9.10. The molecule has 0 spiro atoms. The molecule has 0 radical (unpaired) electrons. The number of hydrogen-bond donors (Lipinski definition) is 1. The number of hydrogen-bond acceptors (Lipinski definition) is 2. The third kappa shape index (κ3) is 2.70. The van der Waals surface area contributed by atoms with Crippen LogP contribution >= 0.6 is 22.9 Å². The Kier molecular flexibility index (Phi) is 3.25. The Morgan fingerprint density at radius 3 is 3.15 bits per heavy atom. The molecule has 3 heteroatoms. The molecule has 1 N–H and O–H groups in total. The average molecular weight is 216 g/mol. The molecule has 2 heterocycles. The first-order valence-electron chi connectivity index (χ1n) is 4.78. The average Bonchev–Trinajstić information content (AvgIpc) is 2.53. The summed E-state index contributed by atoms with van der Waals surface area (Å²) in [5.74, 6) is 0.823. The molecule has 1 atom stereocenters. The van der Waals surface area contributed by atoms with E-state index in [1.54, 1.807) is 11.3 Å². The summed E-state index contributed by atoms with van der Waals surface area (Å²) in [4.78, 5) is 1.43. The van der Waals surface area contributed by atoms with Crippen molar-refractivity contribution in [1.29, 1.82) is 0 Å². The Hall–Kier alpha value is -0.0500. The first-order chi connectivity index (χ1) is 6.34. The number of thiophene rings is 1. The van der Waals surface area contributed by atoms with E-state index in [-0.39, 0.29) is 0 Å². The summed E-state index contributed by atoms with van der Waals surface area (Å²) in [6, 6.07) is 2.10. The maximum absolute atomic E-state index is 5.87.